The zero-order valence-electron chi connectivity index (χ0n) is 13.0. The number of benzene rings is 1. The number of rotatable bonds is 6. The van der Waals surface area contributed by atoms with E-state index in [1.165, 1.54) is 6.07 Å². The monoisotopic (exact) mass is 299 g/mol. The maximum absolute atomic E-state index is 12.1. The van der Waals surface area contributed by atoms with Crippen molar-refractivity contribution >= 4 is 5.91 Å². The van der Waals surface area contributed by atoms with E-state index < -0.39 is 5.91 Å². The molecule has 0 atom stereocenters. The third-order valence-corrected chi connectivity index (χ3v) is 3.39. The minimum atomic E-state index is -0.411. The van der Waals surface area contributed by atoms with Crippen LogP contribution in [0.25, 0.3) is 5.69 Å². The van der Waals surface area contributed by atoms with Gasteiger partial charge in [0.15, 0.2) is 5.69 Å². The lowest BCUT2D eigenvalue weighted by molar-refractivity contribution is 0.0945. The molecule has 0 fully saturated rings. The Bertz CT molecular complexity index is 693. The molecule has 22 heavy (non-hydrogen) atoms. The standard InChI is InChI=1S/C17H21N3O2/c1-3-4-8-11-18-17(22)16-15(21)12-13(2)20(19-16)14-9-6-5-7-10-14/h5-7,9-10,12H,3-4,8,11H2,1-2H3,(H,18,22). The molecule has 1 N–H and O–H groups in total. The molecule has 116 valence electrons. The molecule has 0 spiro atoms. The summed E-state index contributed by atoms with van der Waals surface area (Å²) in [6.07, 6.45) is 3.04. The van der Waals surface area contributed by atoms with E-state index in [-0.39, 0.29) is 11.1 Å². The number of aromatic nitrogens is 2. The maximum Gasteiger partial charge on any atom is 0.275 e. The molecule has 2 rings (SSSR count). The Morgan fingerprint density at radius 1 is 1.23 bits per heavy atom. The van der Waals surface area contributed by atoms with Crippen LogP contribution in [-0.4, -0.2) is 22.2 Å². The van der Waals surface area contributed by atoms with Gasteiger partial charge in [0, 0.05) is 18.3 Å². The van der Waals surface area contributed by atoms with Crippen LogP contribution in [-0.2, 0) is 0 Å². The number of hydrogen-bond donors (Lipinski definition) is 1. The van der Waals surface area contributed by atoms with Gasteiger partial charge in [-0.1, -0.05) is 38.0 Å². The highest BCUT2D eigenvalue weighted by Gasteiger charge is 2.14. The summed E-state index contributed by atoms with van der Waals surface area (Å²) in [6, 6.07) is 10.9. The molecule has 0 radical (unpaired) electrons. The predicted octanol–water partition coefficient (Wildman–Crippen LogP) is 2.46. The first-order valence-electron chi connectivity index (χ1n) is 7.58. The van der Waals surface area contributed by atoms with Gasteiger partial charge in [0.1, 0.15) is 0 Å². The van der Waals surface area contributed by atoms with Crippen LogP contribution >= 0.6 is 0 Å². The third kappa shape index (κ3) is 3.81. The Labute approximate surface area is 130 Å². The Morgan fingerprint density at radius 3 is 2.64 bits per heavy atom. The Hall–Kier alpha value is -2.43. The minimum absolute atomic E-state index is 0.0639. The highest BCUT2D eigenvalue weighted by atomic mass is 16.2. The number of hydrogen-bond acceptors (Lipinski definition) is 3. The summed E-state index contributed by atoms with van der Waals surface area (Å²) in [4.78, 5) is 24.2. The predicted molar refractivity (Wildman–Crippen MR) is 86.4 cm³/mol. The van der Waals surface area contributed by atoms with E-state index >= 15 is 0 Å². The van der Waals surface area contributed by atoms with Crippen molar-refractivity contribution in [3.8, 4) is 5.69 Å². The first kappa shape index (κ1) is 15.9. The van der Waals surface area contributed by atoms with Crippen molar-refractivity contribution in [1.29, 1.82) is 0 Å². The highest BCUT2D eigenvalue weighted by Crippen LogP contribution is 2.07. The van der Waals surface area contributed by atoms with Gasteiger partial charge >= 0.3 is 0 Å². The number of nitrogens with one attached hydrogen (secondary N) is 1. The smallest absolute Gasteiger partial charge is 0.275 e. The SMILES string of the molecule is CCCCCNC(=O)c1nn(-c2ccccc2)c(C)cc1=O. The molecule has 2 aromatic rings. The fourth-order valence-corrected chi connectivity index (χ4v) is 2.20. The topological polar surface area (TPSA) is 64.0 Å². The molecule has 0 aliphatic carbocycles. The van der Waals surface area contributed by atoms with Crippen LogP contribution in [0.1, 0.15) is 42.4 Å². The normalized spacial score (nSPS) is 10.5. The van der Waals surface area contributed by atoms with Gasteiger partial charge in [0.25, 0.3) is 5.91 Å². The minimum Gasteiger partial charge on any atom is -0.351 e. The van der Waals surface area contributed by atoms with Crippen LogP contribution in [0.2, 0.25) is 0 Å². The lowest BCUT2D eigenvalue weighted by Crippen LogP contribution is -2.32. The molecule has 0 bridgehead atoms. The van der Waals surface area contributed by atoms with Crippen molar-refractivity contribution < 1.29 is 4.79 Å². The quantitative estimate of drug-likeness (QED) is 0.833. The van der Waals surface area contributed by atoms with E-state index in [0.717, 1.165) is 24.9 Å². The number of para-hydroxylation sites is 1. The molecule has 0 saturated carbocycles. The van der Waals surface area contributed by atoms with Gasteiger partial charge in [-0.05, 0) is 25.5 Å². The number of carbonyl (C=O) groups is 1. The highest BCUT2D eigenvalue weighted by molar-refractivity contribution is 5.92. The lowest BCUT2D eigenvalue weighted by Gasteiger charge is -2.11. The second kappa shape index (κ2) is 7.54. The summed E-state index contributed by atoms with van der Waals surface area (Å²) < 4.78 is 1.61. The van der Waals surface area contributed by atoms with Crippen LogP contribution in [0.15, 0.2) is 41.2 Å². The Morgan fingerprint density at radius 2 is 1.95 bits per heavy atom. The summed E-state index contributed by atoms with van der Waals surface area (Å²) in [5.41, 5.74) is 1.10. The van der Waals surface area contributed by atoms with Gasteiger partial charge in [0.05, 0.1) is 5.69 Å². The average molecular weight is 299 g/mol. The lowest BCUT2D eigenvalue weighted by atomic mass is 10.2. The van der Waals surface area contributed by atoms with Crippen molar-refractivity contribution in [2.75, 3.05) is 6.54 Å². The third-order valence-electron chi connectivity index (χ3n) is 3.39. The van der Waals surface area contributed by atoms with Gasteiger partial charge in [0.2, 0.25) is 5.43 Å². The van der Waals surface area contributed by atoms with Crippen LogP contribution in [0.5, 0.6) is 0 Å². The van der Waals surface area contributed by atoms with E-state index in [2.05, 4.69) is 17.3 Å². The molecule has 5 heteroatoms. The van der Waals surface area contributed by atoms with Crippen LogP contribution < -0.4 is 10.7 Å². The number of nitrogens with zero attached hydrogens (tertiary/aromatic N) is 2. The van der Waals surface area contributed by atoms with E-state index in [1.54, 1.807) is 11.6 Å². The second-order valence-corrected chi connectivity index (χ2v) is 5.21. The molecule has 5 nitrogen and oxygen atoms in total. The fourth-order valence-electron chi connectivity index (χ4n) is 2.20. The van der Waals surface area contributed by atoms with E-state index in [1.807, 2.05) is 30.3 Å². The van der Waals surface area contributed by atoms with Gasteiger partial charge in [-0.3, -0.25) is 9.59 Å². The second-order valence-electron chi connectivity index (χ2n) is 5.21. The number of aryl methyl sites for hydroxylation is 1. The zero-order valence-corrected chi connectivity index (χ0v) is 13.0. The van der Waals surface area contributed by atoms with Gasteiger partial charge in [-0.2, -0.15) is 5.10 Å². The van der Waals surface area contributed by atoms with Crippen molar-refractivity contribution in [3.05, 3.63) is 58.0 Å². The number of unbranched alkanes of at least 4 members (excludes halogenated alkanes) is 2. The first-order valence-corrected chi connectivity index (χ1v) is 7.58. The van der Waals surface area contributed by atoms with Crippen LogP contribution in [0, 0.1) is 6.92 Å². The largest absolute Gasteiger partial charge is 0.351 e. The molecule has 1 amide bonds. The van der Waals surface area contributed by atoms with E-state index in [9.17, 15) is 9.59 Å². The molecule has 0 saturated heterocycles. The van der Waals surface area contributed by atoms with Crippen molar-refractivity contribution in [3.63, 3.8) is 0 Å². The van der Waals surface area contributed by atoms with E-state index in [4.69, 9.17) is 0 Å². The summed E-state index contributed by atoms with van der Waals surface area (Å²) >= 11 is 0. The van der Waals surface area contributed by atoms with Crippen LogP contribution in [0.3, 0.4) is 0 Å². The van der Waals surface area contributed by atoms with E-state index in [0.29, 0.717) is 12.2 Å². The van der Waals surface area contributed by atoms with Crippen molar-refractivity contribution in [1.82, 2.24) is 15.1 Å². The van der Waals surface area contributed by atoms with Crippen molar-refractivity contribution in [2.45, 2.75) is 33.1 Å². The molecular weight excluding hydrogens is 278 g/mol. The Balaban J connectivity index is 2.25. The van der Waals surface area contributed by atoms with Gasteiger partial charge < -0.3 is 5.32 Å². The molecular formula is C17H21N3O2. The number of amides is 1. The Kier molecular flexibility index (Phi) is 5.47. The molecule has 1 heterocycles. The molecule has 0 aliphatic heterocycles. The maximum atomic E-state index is 12.1. The summed E-state index contributed by atoms with van der Waals surface area (Å²) in [6.45, 7) is 4.46. The molecule has 1 aromatic carbocycles. The molecule has 0 unspecified atom stereocenters. The summed E-state index contributed by atoms with van der Waals surface area (Å²) in [5, 5.41) is 6.99. The van der Waals surface area contributed by atoms with Gasteiger partial charge in [-0.15, -0.1) is 0 Å². The first-order chi connectivity index (χ1) is 10.6. The average Bonchev–Trinajstić information content (AvgIpc) is 2.52. The molecule has 1 aromatic heterocycles. The van der Waals surface area contributed by atoms with Crippen LogP contribution in [0.4, 0.5) is 0 Å². The molecule has 0 aliphatic rings. The van der Waals surface area contributed by atoms with Crippen molar-refractivity contribution in [2.24, 2.45) is 0 Å². The summed E-state index contributed by atoms with van der Waals surface area (Å²) in [5.74, 6) is -0.411. The fraction of sp³-hybridized carbons (Fsp3) is 0.353. The summed E-state index contributed by atoms with van der Waals surface area (Å²) in [7, 11) is 0. The van der Waals surface area contributed by atoms with Gasteiger partial charge in [-0.25, -0.2) is 4.68 Å². The zero-order chi connectivity index (χ0) is 15.9. The number of carbonyl (C=O) groups excluding carboxylic acids is 1.